The average molecular weight is 295 g/mol. The standard InChI is InChI=1S/C14H12ClFN2O2/c15-10-5-2-1-4-9(10)8-20-12-7-3-6-11(16)13(12)14(17)18-19/h1-7,19H,8H2,(H2,17,18). The molecule has 0 aliphatic carbocycles. The number of nitrogens with two attached hydrogens (primary N) is 1. The Labute approximate surface area is 120 Å². The van der Waals surface area contributed by atoms with Gasteiger partial charge in [-0.3, -0.25) is 0 Å². The van der Waals surface area contributed by atoms with Crippen molar-refractivity contribution >= 4 is 17.4 Å². The van der Waals surface area contributed by atoms with Gasteiger partial charge in [0.25, 0.3) is 0 Å². The predicted octanol–water partition coefficient (Wildman–Crippen LogP) is 3.15. The number of rotatable bonds is 4. The highest BCUT2D eigenvalue weighted by Crippen LogP contribution is 2.24. The van der Waals surface area contributed by atoms with E-state index in [1.54, 1.807) is 18.2 Å². The zero-order valence-corrected chi connectivity index (χ0v) is 11.1. The molecule has 2 rings (SSSR count). The van der Waals surface area contributed by atoms with E-state index in [4.69, 9.17) is 27.3 Å². The van der Waals surface area contributed by atoms with Crippen LogP contribution in [0.5, 0.6) is 5.75 Å². The van der Waals surface area contributed by atoms with Gasteiger partial charge in [-0.15, -0.1) is 0 Å². The van der Waals surface area contributed by atoms with Gasteiger partial charge in [0.2, 0.25) is 0 Å². The van der Waals surface area contributed by atoms with E-state index in [0.29, 0.717) is 5.02 Å². The van der Waals surface area contributed by atoms with Gasteiger partial charge in [-0.2, -0.15) is 0 Å². The van der Waals surface area contributed by atoms with Gasteiger partial charge in [-0.05, 0) is 18.2 Å². The van der Waals surface area contributed by atoms with Crippen LogP contribution in [0.25, 0.3) is 0 Å². The molecule has 0 saturated heterocycles. The monoisotopic (exact) mass is 294 g/mol. The molecule has 4 nitrogen and oxygen atoms in total. The van der Waals surface area contributed by atoms with Crippen LogP contribution in [0.2, 0.25) is 5.02 Å². The van der Waals surface area contributed by atoms with Crippen molar-refractivity contribution in [3.05, 3.63) is 64.4 Å². The van der Waals surface area contributed by atoms with Gasteiger partial charge < -0.3 is 15.7 Å². The van der Waals surface area contributed by atoms with Crippen LogP contribution in [-0.2, 0) is 6.61 Å². The summed E-state index contributed by atoms with van der Waals surface area (Å²) in [5.74, 6) is -0.797. The van der Waals surface area contributed by atoms with E-state index in [1.165, 1.54) is 18.2 Å². The van der Waals surface area contributed by atoms with Crippen molar-refractivity contribution in [3.8, 4) is 5.75 Å². The summed E-state index contributed by atoms with van der Waals surface area (Å²) in [7, 11) is 0. The van der Waals surface area contributed by atoms with Crippen molar-refractivity contribution in [1.29, 1.82) is 0 Å². The molecule has 0 aliphatic rings. The summed E-state index contributed by atoms with van der Waals surface area (Å²) in [6.07, 6.45) is 0. The molecular weight excluding hydrogens is 283 g/mol. The molecule has 0 heterocycles. The molecule has 2 aromatic rings. The second-order valence-corrected chi connectivity index (χ2v) is 4.39. The third-order valence-electron chi connectivity index (χ3n) is 2.68. The molecule has 0 spiro atoms. The van der Waals surface area contributed by atoms with Crippen molar-refractivity contribution in [2.75, 3.05) is 0 Å². The van der Waals surface area contributed by atoms with E-state index in [2.05, 4.69) is 5.16 Å². The van der Waals surface area contributed by atoms with Crippen molar-refractivity contribution in [1.82, 2.24) is 0 Å². The predicted molar refractivity (Wildman–Crippen MR) is 74.7 cm³/mol. The zero-order valence-electron chi connectivity index (χ0n) is 10.4. The number of hydrogen-bond donors (Lipinski definition) is 2. The van der Waals surface area contributed by atoms with Crippen molar-refractivity contribution in [3.63, 3.8) is 0 Å². The number of nitrogens with zero attached hydrogens (tertiary/aromatic N) is 1. The molecule has 3 N–H and O–H groups in total. The Hall–Kier alpha value is -2.27. The Morgan fingerprint density at radius 3 is 2.70 bits per heavy atom. The Morgan fingerprint density at radius 1 is 1.25 bits per heavy atom. The lowest BCUT2D eigenvalue weighted by Gasteiger charge is -2.12. The van der Waals surface area contributed by atoms with Crippen LogP contribution in [0.1, 0.15) is 11.1 Å². The van der Waals surface area contributed by atoms with E-state index >= 15 is 0 Å². The van der Waals surface area contributed by atoms with Crippen molar-refractivity contribution in [2.24, 2.45) is 10.9 Å². The first-order chi connectivity index (χ1) is 9.63. The quantitative estimate of drug-likeness (QED) is 0.394. The molecule has 0 amide bonds. The van der Waals surface area contributed by atoms with E-state index in [1.807, 2.05) is 6.07 Å². The van der Waals surface area contributed by atoms with Gasteiger partial charge in [-0.1, -0.05) is 41.0 Å². The maximum atomic E-state index is 13.7. The molecule has 104 valence electrons. The zero-order chi connectivity index (χ0) is 14.5. The van der Waals surface area contributed by atoms with Gasteiger partial charge in [0.15, 0.2) is 5.84 Å². The second-order valence-electron chi connectivity index (χ2n) is 3.98. The molecule has 2 aromatic carbocycles. The maximum absolute atomic E-state index is 13.7. The summed E-state index contributed by atoms with van der Waals surface area (Å²) in [6.45, 7) is 0.148. The number of amidine groups is 1. The summed E-state index contributed by atoms with van der Waals surface area (Å²) >= 11 is 6.01. The molecular formula is C14H12ClFN2O2. The molecule has 0 unspecified atom stereocenters. The molecule has 0 bridgehead atoms. The first-order valence-electron chi connectivity index (χ1n) is 5.76. The summed E-state index contributed by atoms with van der Waals surface area (Å²) in [6, 6.07) is 11.4. The first-order valence-corrected chi connectivity index (χ1v) is 6.14. The summed E-state index contributed by atoms with van der Waals surface area (Å²) < 4.78 is 19.2. The van der Waals surface area contributed by atoms with Crippen LogP contribution in [0.3, 0.4) is 0 Å². The summed E-state index contributed by atoms with van der Waals surface area (Å²) in [4.78, 5) is 0. The average Bonchev–Trinajstić information content (AvgIpc) is 2.46. The Balaban J connectivity index is 2.27. The fourth-order valence-electron chi connectivity index (χ4n) is 1.69. The van der Waals surface area contributed by atoms with Gasteiger partial charge in [0.1, 0.15) is 18.2 Å². The molecule has 0 saturated carbocycles. The van der Waals surface area contributed by atoms with Crippen molar-refractivity contribution < 1.29 is 14.3 Å². The topological polar surface area (TPSA) is 67.8 Å². The second kappa shape index (κ2) is 6.25. The lowest BCUT2D eigenvalue weighted by molar-refractivity contribution is 0.301. The molecule has 0 aliphatic heterocycles. The smallest absolute Gasteiger partial charge is 0.176 e. The van der Waals surface area contributed by atoms with E-state index < -0.39 is 5.82 Å². The molecule has 20 heavy (non-hydrogen) atoms. The molecule has 0 fully saturated rings. The normalized spacial score (nSPS) is 11.4. The molecule has 0 aromatic heterocycles. The number of oxime groups is 1. The molecule has 0 atom stereocenters. The third-order valence-corrected chi connectivity index (χ3v) is 3.05. The van der Waals surface area contributed by atoms with Gasteiger partial charge in [0, 0.05) is 10.6 Å². The minimum atomic E-state index is -0.628. The first kappa shape index (κ1) is 14.1. The molecule has 0 radical (unpaired) electrons. The highest BCUT2D eigenvalue weighted by atomic mass is 35.5. The number of ether oxygens (including phenoxy) is 1. The summed E-state index contributed by atoms with van der Waals surface area (Å²) in [5, 5.41) is 12.0. The van der Waals surface area contributed by atoms with Crippen LogP contribution in [0, 0.1) is 5.82 Å². The van der Waals surface area contributed by atoms with Gasteiger partial charge in [-0.25, -0.2) is 4.39 Å². The highest BCUT2D eigenvalue weighted by Gasteiger charge is 2.14. The van der Waals surface area contributed by atoms with E-state index in [0.717, 1.165) is 5.56 Å². The van der Waals surface area contributed by atoms with Gasteiger partial charge in [0.05, 0.1) is 5.56 Å². The highest BCUT2D eigenvalue weighted by molar-refractivity contribution is 6.31. The fourth-order valence-corrected chi connectivity index (χ4v) is 1.88. The molecule has 6 heteroatoms. The van der Waals surface area contributed by atoms with Gasteiger partial charge >= 0.3 is 0 Å². The number of halogens is 2. The third kappa shape index (κ3) is 3.00. The van der Waals surface area contributed by atoms with Crippen molar-refractivity contribution in [2.45, 2.75) is 6.61 Å². The minimum absolute atomic E-state index is 0.0814. The SMILES string of the molecule is N/C(=N\O)c1c(F)cccc1OCc1ccccc1Cl. The Kier molecular flexibility index (Phi) is 4.42. The van der Waals surface area contributed by atoms with Crippen LogP contribution in [0.15, 0.2) is 47.6 Å². The van der Waals surface area contributed by atoms with E-state index in [-0.39, 0.29) is 23.8 Å². The number of benzene rings is 2. The van der Waals surface area contributed by atoms with Crippen LogP contribution in [0.4, 0.5) is 4.39 Å². The minimum Gasteiger partial charge on any atom is -0.488 e. The Bertz CT molecular complexity index is 647. The largest absolute Gasteiger partial charge is 0.488 e. The Morgan fingerprint density at radius 2 is 2.00 bits per heavy atom. The fraction of sp³-hybridized carbons (Fsp3) is 0.0714. The lowest BCUT2D eigenvalue weighted by atomic mass is 10.1. The van der Waals surface area contributed by atoms with Crippen LogP contribution >= 0.6 is 11.6 Å². The lowest BCUT2D eigenvalue weighted by Crippen LogP contribution is -2.17. The maximum Gasteiger partial charge on any atom is 0.176 e. The number of hydrogen-bond acceptors (Lipinski definition) is 3. The van der Waals surface area contributed by atoms with Crippen LogP contribution in [-0.4, -0.2) is 11.0 Å². The van der Waals surface area contributed by atoms with Crippen LogP contribution < -0.4 is 10.5 Å². The summed E-state index contributed by atoms with van der Waals surface area (Å²) in [5.41, 5.74) is 6.12. The van der Waals surface area contributed by atoms with E-state index in [9.17, 15) is 4.39 Å².